The van der Waals surface area contributed by atoms with E-state index in [1.807, 2.05) is 37.3 Å². The Bertz CT molecular complexity index is 827. The van der Waals surface area contributed by atoms with Crippen LogP contribution in [0.3, 0.4) is 0 Å². The van der Waals surface area contributed by atoms with Crippen molar-refractivity contribution in [2.75, 3.05) is 5.32 Å². The largest absolute Gasteiger partial charge is 0.356 e. The molecule has 3 rings (SSSR count). The van der Waals surface area contributed by atoms with Crippen LogP contribution in [-0.4, -0.2) is 10.1 Å². The van der Waals surface area contributed by atoms with Gasteiger partial charge in [-0.1, -0.05) is 42.5 Å². The first-order valence-corrected chi connectivity index (χ1v) is 9.05. The highest BCUT2D eigenvalue weighted by atomic mass is 32.1. The first-order valence-electron chi connectivity index (χ1n) is 7.77. The summed E-state index contributed by atoms with van der Waals surface area (Å²) in [5.74, 6) is 0. The zero-order valence-corrected chi connectivity index (χ0v) is 15.2. The maximum Gasteiger partial charge on any atom is 0.171 e. The zero-order valence-electron chi connectivity index (χ0n) is 13.6. The third-order valence-electron chi connectivity index (χ3n) is 3.68. The number of aromatic nitrogens is 1. The SMILES string of the molecule is Cc1nc(-c2cccc(NC(=S)NC(C)c3ccccc3)c2)cs1. The summed E-state index contributed by atoms with van der Waals surface area (Å²) >= 11 is 7.10. The van der Waals surface area contributed by atoms with E-state index in [4.69, 9.17) is 12.2 Å². The van der Waals surface area contributed by atoms with Crippen LogP contribution < -0.4 is 10.6 Å². The summed E-state index contributed by atoms with van der Waals surface area (Å²) in [6.07, 6.45) is 0. The number of hydrogen-bond donors (Lipinski definition) is 2. The summed E-state index contributed by atoms with van der Waals surface area (Å²) in [7, 11) is 0. The number of thiocarbonyl (C=S) groups is 1. The lowest BCUT2D eigenvalue weighted by atomic mass is 10.1. The van der Waals surface area contributed by atoms with Gasteiger partial charge in [-0.05, 0) is 43.8 Å². The first kappa shape index (κ1) is 16.6. The van der Waals surface area contributed by atoms with Crippen molar-refractivity contribution in [1.82, 2.24) is 10.3 Å². The molecule has 0 fully saturated rings. The molecule has 3 aromatic rings. The lowest BCUT2D eigenvalue weighted by Gasteiger charge is -2.17. The highest BCUT2D eigenvalue weighted by Gasteiger charge is 2.08. The van der Waals surface area contributed by atoms with E-state index in [0.29, 0.717) is 5.11 Å². The molecule has 5 heteroatoms. The van der Waals surface area contributed by atoms with Crippen LogP contribution >= 0.6 is 23.6 Å². The van der Waals surface area contributed by atoms with Crippen LogP contribution in [0.4, 0.5) is 5.69 Å². The number of nitrogens with zero attached hydrogens (tertiary/aromatic N) is 1. The number of thiazole rings is 1. The molecule has 0 aliphatic rings. The van der Waals surface area contributed by atoms with Crippen molar-refractivity contribution in [3.63, 3.8) is 0 Å². The van der Waals surface area contributed by atoms with Crippen molar-refractivity contribution < 1.29 is 0 Å². The Morgan fingerprint density at radius 2 is 1.92 bits per heavy atom. The van der Waals surface area contributed by atoms with Gasteiger partial charge in [0.1, 0.15) is 0 Å². The number of nitrogens with one attached hydrogen (secondary N) is 2. The maximum absolute atomic E-state index is 5.44. The highest BCUT2D eigenvalue weighted by Crippen LogP contribution is 2.24. The minimum absolute atomic E-state index is 0.149. The van der Waals surface area contributed by atoms with Crippen LogP contribution in [0, 0.1) is 6.92 Å². The standard InChI is InChI=1S/C19H19N3S2/c1-13(15-7-4-3-5-8-15)20-19(23)22-17-10-6-9-16(11-17)18-12-24-14(2)21-18/h3-13H,1-2H3,(H2,20,22,23). The molecule has 2 N–H and O–H groups in total. The van der Waals surface area contributed by atoms with Crippen LogP contribution in [-0.2, 0) is 0 Å². The Morgan fingerprint density at radius 1 is 1.12 bits per heavy atom. The van der Waals surface area contributed by atoms with E-state index in [-0.39, 0.29) is 6.04 Å². The van der Waals surface area contributed by atoms with Gasteiger partial charge in [0, 0.05) is 16.6 Å². The zero-order chi connectivity index (χ0) is 16.9. The van der Waals surface area contributed by atoms with Gasteiger partial charge in [0.25, 0.3) is 0 Å². The number of anilines is 1. The molecule has 1 atom stereocenters. The molecule has 0 aliphatic heterocycles. The Hall–Kier alpha value is -2.24. The third-order valence-corrected chi connectivity index (χ3v) is 4.68. The molecule has 0 spiro atoms. The molecule has 122 valence electrons. The molecule has 1 aromatic heterocycles. The number of benzene rings is 2. The second-order valence-electron chi connectivity index (χ2n) is 5.56. The fourth-order valence-electron chi connectivity index (χ4n) is 2.44. The normalized spacial score (nSPS) is 11.8. The second-order valence-corrected chi connectivity index (χ2v) is 7.03. The van der Waals surface area contributed by atoms with Crippen molar-refractivity contribution >= 4 is 34.4 Å². The van der Waals surface area contributed by atoms with Gasteiger partial charge in [-0.25, -0.2) is 4.98 Å². The van der Waals surface area contributed by atoms with E-state index in [1.165, 1.54) is 5.56 Å². The predicted octanol–water partition coefficient (Wildman–Crippen LogP) is 5.17. The van der Waals surface area contributed by atoms with Gasteiger partial charge in [0.2, 0.25) is 0 Å². The molecule has 0 radical (unpaired) electrons. The maximum atomic E-state index is 5.44. The summed E-state index contributed by atoms with van der Waals surface area (Å²) in [5, 5.41) is 10.3. The third kappa shape index (κ3) is 4.19. The van der Waals surface area contributed by atoms with E-state index in [0.717, 1.165) is 22.0 Å². The van der Waals surface area contributed by atoms with Crippen LogP contribution in [0.5, 0.6) is 0 Å². The van der Waals surface area contributed by atoms with Crippen molar-refractivity contribution in [1.29, 1.82) is 0 Å². The number of hydrogen-bond acceptors (Lipinski definition) is 3. The Labute approximate surface area is 151 Å². The van der Waals surface area contributed by atoms with Gasteiger partial charge in [-0.15, -0.1) is 11.3 Å². The van der Waals surface area contributed by atoms with Crippen LogP contribution in [0.1, 0.15) is 23.5 Å². The van der Waals surface area contributed by atoms with Gasteiger partial charge in [-0.2, -0.15) is 0 Å². The van der Waals surface area contributed by atoms with E-state index >= 15 is 0 Å². The molecule has 0 bridgehead atoms. The van der Waals surface area contributed by atoms with Gasteiger partial charge < -0.3 is 10.6 Å². The van der Waals surface area contributed by atoms with E-state index in [1.54, 1.807) is 11.3 Å². The molecule has 3 nitrogen and oxygen atoms in total. The summed E-state index contributed by atoms with van der Waals surface area (Å²) in [4.78, 5) is 4.53. The summed E-state index contributed by atoms with van der Waals surface area (Å²) in [6.45, 7) is 4.11. The fraction of sp³-hybridized carbons (Fsp3) is 0.158. The van der Waals surface area contributed by atoms with Crippen LogP contribution in [0.15, 0.2) is 60.0 Å². The van der Waals surface area contributed by atoms with E-state index in [9.17, 15) is 0 Å². The molecular formula is C19H19N3S2. The van der Waals surface area contributed by atoms with Crippen molar-refractivity contribution in [3.05, 3.63) is 70.5 Å². The van der Waals surface area contributed by atoms with Crippen molar-refractivity contribution in [2.24, 2.45) is 0 Å². The Kier molecular flexibility index (Phi) is 5.23. The summed E-state index contributed by atoms with van der Waals surface area (Å²) < 4.78 is 0. The first-order chi connectivity index (χ1) is 11.6. The van der Waals surface area contributed by atoms with E-state index < -0.39 is 0 Å². The minimum atomic E-state index is 0.149. The number of aryl methyl sites for hydroxylation is 1. The Balaban J connectivity index is 1.66. The average molecular weight is 354 g/mol. The minimum Gasteiger partial charge on any atom is -0.356 e. The quantitative estimate of drug-likeness (QED) is 0.635. The van der Waals surface area contributed by atoms with Gasteiger partial charge >= 0.3 is 0 Å². The van der Waals surface area contributed by atoms with Crippen LogP contribution in [0.2, 0.25) is 0 Å². The lowest BCUT2D eigenvalue weighted by molar-refractivity contribution is 0.722. The molecule has 2 aromatic carbocycles. The van der Waals surface area contributed by atoms with E-state index in [2.05, 4.69) is 52.2 Å². The second kappa shape index (κ2) is 7.55. The molecule has 1 heterocycles. The highest BCUT2D eigenvalue weighted by molar-refractivity contribution is 7.80. The topological polar surface area (TPSA) is 37.0 Å². The molecule has 0 saturated carbocycles. The molecule has 0 amide bonds. The molecular weight excluding hydrogens is 334 g/mol. The molecule has 24 heavy (non-hydrogen) atoms. The Morgan fingerprint density at radius 3 is 2.62 bits per heavy atom. The summed E-state index contributed by atoms with van der Waals surface area (Å²) in [5.41, 5.74) is 4.24. The lowest BCUT2D eigenvalue weighted by Crippen LogP contribution is -2.30. The average Bonchev–Trinajstić information content (AvgIpc) is 3.02. The fourth-order valence-corrected chi connectivity index (χ4v) is 3.36. The van der Waals surface area contributed by atoms with Gasteiger partial charge in [0.15, 0.2) is 5.11 Å². The van der Waals surface area contributed by atoms with Crippen molar-refractivity contribution in [2.45, 2.75) is 19.9 Å². The molecule has 0 saturated heterocycles. The predicted molar refractivity (Wildman–Crippen MR) is 107 cm³/mol. The number of rotatable bonds is 4. The smallest absolute Gasteiger partial charge is 0.171 e. The van der Waals surface area contributed by atoms with Crippen LogP contribution in [0.25, 0.3) is 11.3 Å². The van der Waals surface area contributed by atoms with Gasteiger partial charge in [0.05, 0.1) is 16.7 Å². The monoisotopic (exact) mass is 353 g/mol. The van der Waals surface area contributed by atoms with Gasteiger partial charge in [-0.3, -0.25) is 0 Å². The summed E-state index contributed by atoms with van der Waals surface area (Å²) in [6, 6.07) is 18.5. The molecule has 0 aliphatic carbocycles. The molecule has 1 unspecified atom stereocenters. The van der Waals surface area contributed by atoms with Crippen molar-refractivity contribution in [3.8, 4) is 11.3 Å².